The van der Waals surface area contributed by atoms with Gasteiger partial charge in [0, 0.05) is 26.2 Å². The Labute approximate surface area is 156 Å². The van der Waals surface area contributed by atoms with Crippen molar-refractivity contribution in [3.05, 3.63) is 12.2 Å². The van der Waals surface area contributed by atoms with Crippen LogP contribution >= 0.6 is 34.8 Å². The summed E-state index contributed by atoms with van der Waals surface area (Å²) in [6, 6.07) is 0. The summed E-state index contributed by atoms with van der Waals surface area (Å²) >= 11 is 17.0. The molecule has 24 heavy (non-hydrogen) atoms. The quantitative estimate of drug-likeness (QED) is 0.417. The summed E-state index contributed by atoms with van der Waals surface area (Å²) in [4.78, 5) is 29.6. The van der Waals surface area contributed by atoms with E-state index in [1.165, 1.54) is 0 Å². The number of alkyl halides is 3. The minimum atomic E-state index is -1.64. The molecule has 2 aliphatic carbocycles. The van der Waals surface area contributed by atoms with Crippen LogP contribution in [0.15, 0.2) is 12.2 Å². The van der Waals surface area contributed by atoms with Gasteiger partial charge in [0.05, 0.1) is 11.8 Å². The third kappa shape index (κ3) is 3.85. The Morgan fingerprint density at radius 1 is 1.08 bits per heavy atom. The van der Waals surface area contributed by atoms with Gasteiger partial charge in [-0.15, -0.1) is 0 Å². The number of amides is 1. The standard InChI is InChI=1S/C16H21Cl3N2O3/c1-20-4-6-21(7-5-20)14(22)12-10-2-3-11(8-10)13(12)15(23)24-9-16(17,18)19/h2-3,10-13H,4-9H2,1H3/t10-,11+,12?,13?/m1/s1. The minimum Gasteiger partial charge on any atom is -0.461 e. The molecule has 0 spiro atoms. The van der Waals surface area contributed by atoms with Gasteiger partial charge in [0.15, 0.2) is 0 Å². The third-order valence-electron chi connectivity index (χ3n) is 5.21. The monoisotopic (exact) mass is 394 g/mol. The molecule has 2 unspecified atom stereocenters. The van der Waals surface area contributed by atoms with Crippen molar-refractivity contribution in [2.45, 2.75) is 10.2 Å². The molecule has 134 valence electrons. The Morgan fingerprint density at radius 3 is 2.25 bits per heavy atom. The summed E-state index contributed by atoms with van der Waals surface area (Å²) in [6.07, 6.45) is 4.89. The van der Waals surface area contributed by atoms with E-state index in [1.807, 2.05) is 18.0 Å². The number of rotatable bonds is 3. The summed E-state index contributed by atoms with van der Waals surface area (Å²) in [6.45, 7) is 2.80. The number of fused-ring (bicyclic) bond motifs is 2. The van der Waals surface area contributed by atoms with Crippen LogP contribution in [-0.4, -0.2) is 65.3 Å². The van der Waals surface area contributed by atoms with Crippen LogP contribution in [0.1, 0.15) is 6.42 Å². The van der Waals surface area contributed by atoms with Crippen molar-refractivity contribution in [2.24, 2.45) is 23.7 Å². The molecule has 0 aromatic heterocycles. The first kappa shape index (κ1) is 18.3. The molecule has 3 rings (SSSR count). The van der Waals surface area contributed by atoms with Gasteiger partial charge in [0.1, 0.15) is 6.61 Å². The Morgan fingerprint density at radius 2 is 1.67 bits per heavy atom. The van der Waals surface area contributed by atoms with Gasteiger partial charge >= 0.3 is 5.97 Å². The van der Waals surface area contributed by atoms with Gasteiger partial charge in [-0.05, 0) is 25.3 Å². The second-order valence-electron chi connectivity index (χ2n) is 6.85. The SMILES string of the molecule is CN1CCN(C(=O)C2C(C(=O)OCC(Cl)(Cl)Cl)[C@H]3C=C[C@@H]2C3)CC1. The summed E-state index contributed by atoms with van der Waals surface area (Å²) in [5.74, 6) is -1.07. The molecule has 5 nitrogen and oxygen atoms in total. The normalized spacial score (nSPS) is 33.1. The Kier molecular flexibility index (Phi) is 5.36. The maximum atomic E-state index is 13.0. The molecule has 1 aliphatic heterocycles. The average Bonchev–Trinajstić information content (AvgIpc) is 3.13. The predicted octanol–water partition coefficient (Wildman–Crippen LogP) is 2.11. The van der Waals surface area contributed by atoms with Crippen LogP contribution < -0.4 is 0 Å². The fourth-order valence-electron chi connectivity index (χ4n) is 3.97. The van der Waals surface area contributed by atoms with E-state index in [4.69, 9.17) is 39.5 Å². The fraction of sp³-hybridized carbons (Fsp3) is 0.750. The number of carbonyl (C=O) groups excluding carboxylic acids is 2. The number of ether oxygens (including phenoxy) is 1. The zero-order chi connectivity index (χ0) is 17.5. The molecule has 0 radical (unpaired) electrons. The molecular weight excluding hydrogens is 375 g/mol. The minimum absolute atomic E-state index is 0.0410. The second-order valence-corrected chi connectivity index (χ2v) is 9.37. The number of hydrogen-bond donors (Lipinski definition) is 0. The molecule has 0 N–H and O–H groups in total. The van der Waals surface area contributed by atoms with Gasteiger partial charge in [-0.25, -0.2) is 0 Å². The number of allylic oxidation sites excluding steroid dienone is 2. The topological polar surface area (TPSA) is 49.9 Å². The fourth-order valence-corrected chi connectivity index (χ4v) is 4.13. The summed E-state index contributed by atoms with van der Waals surface area (Å²) in [7, 11) is 2.04. The molecule has 1 heterocycles. The highest BCUT2D eigenvalue weighted by Gasteiger charge is 2.53. The molecule has 3 aliphatic rings. The van der Waals surface area contributed by atoms with Crippen LogP contribution in [0.4, 0.5) is 0 Å². The lowest BCUT2D eigenvalue weighted by Gasteiger charge is -2.36. The second kappa shape index (κ2) is 7.02. The Hall–Kier alpha value is -0.490. The van der Waals surface area contributed by atoms with Crippen molar-refractivity contribution in [3.8, 4) is 0 Å². The van der Waals surface area contributed by atoms with E-state index in [-0.39, 0.29) is 30.3 Å². The molecule has 1 saturated heterocycles. The van der Waals surface area contributed by atoms with Gasteiger partial charge in [0.25, 0.3) is 0 Å². The van der Waals surface area contributed by atoms with E-state index in [0.717, 1.165) is 19.5 Å². The van der Waals surface area contributed by atoms with Crippen LogP contribution in [0.2, 0.25) is 0 Å². The number of piperazine rings is 1. The lowest BCUT2D eigenvalue weighted by Crippen LogP contribution is -2.51. The largest absolute Gasteiger partial charge is 0.461 e. The van der Waals surface area contributed by atoms with E-state index in [2.05, 4.69) is 11.0 Å². The summed E-state index contributed by atoms with van der Waals surface area (Å²) in [5.41, 5.74) is 0. The zero-order valence-electron chi connectivity index (χ0n) is 13.5. The van der Waals surface area contributed by atoms with Gasteiger partial charge < -0.3 is 14.5 Å². The molecule has 1 saturated carbocycles. The molecule has 1 amide bonds. The smallest absolute Gasteiger partial charge is 0.310 e. The number of hydrogen-bond acceptors (Lipinski definition) is 4. The molecule has 4 atom stereocenters. The number of likely N-dealkylation sites (N-methyl/N-ethyl adjacent to an activating group) is 1. The van der Waals surface area contributed by atoms with Gasteiger partial charge in [-0.3, -0.25) is 9.59 Å². The molecule has 8 heteroatoms. The van der Waals surface area contributed by atoms with Gasteiger partial charge in [0.2, 0.25) is 9.70 Å². The van der Waals surface area contributed by atoms with Crippen LogP contribution in [0, 0.1) is 23.7 Å². The van der Waals surface area contributed by atoms with Gasteiger partial charge in [-0.2, -0.15) is 0 Å². The molecule has 0 aromatic carbocycles. The Balaban J connectivity index is 1.69. The van der Waals surface area contributed by atoms with Crippen molar-refractivity contribution < 1.29 is 14.3 Å². The number of esters is 1. The van der Waals surface area contributed by atoms with Crippen LogP contribution in [0.3, 0.4) is 0 Å². The Bertz CT molecular complexity index is 541. The van der Waals surface area contributed by atoms with Crippen LogP contribution in [0.5, 0.6) is 0 Å². The van der Waals surface area contributed by atoms with E-state index < -0.39 is 15.7 Å². The number of nitrogens with zero attached hydrogens (tertiary/aromatic N) is 2. The van der Waals surface area contributed by atoms with Crippen molar-refractivity contribution in [3.63, 3.8) is 0 Å². The van der Waals surface area contributed by atoms with Crippen molar-refractivity contribution in [1.29, 1.82) is 0 Å². The lowest BCUT2D eigenvalue weighted by atomic mass is 9.82. The maximum absolute atomic E-state index is 13.0. The molecular formula is C16H21Cl3N2O3. The lowest BCUT2D eigenvalue weighted by molar-refractivity contribution is -0.156. The van der Waals surface area contributed by atoms with Gasteiger partial charge in [-0.1, -0.05) is 47.0 Å². The highest BCUT2D eigenvalue weighted by molar-refractivity contribution is 6.67. The molecule has 2 bridgehead atoms. The molecule has 0 aromatic rings. The van der Waals surface area contributed by atoms with E-state index >= 15 is 0 Å². The number of carbonyl (C=O) groups is 2. The first-order chi connectivity index (χ1) is 11.3. The average molecular weight is 396 g/mol. The van der Waals surface area contributed by atoms with E-state index in [1.54, 1.807) is 0 Å². The highest BCUT2D eigenvalue weighted by atomic mass is 35.6. The predicted molar refractivity (Wildman–Crippen MR) is 93.0 cm³/mol. The van der Waals surface area contributed by atoms with E-state index in [9.17, 15) is 9.59 Å². The summed E-state index contributed by atoms with van der Waals surface area (Å²) < 4.78 is 3.54. The first-order valence-electron chi connectivity index (χ1n) is 8.15. The summed E-state index contributed by atoms with van der Waals surface area (Å²) in [5, 5.41) is 0. The maximum Gasteiger partial charge on any atom is 0.310 e. The van der Waals surface area contributed by atoms with E-state index in [0.29, 0.717) is 13.1 Å². The zero-order valence-corrected chi connectivity index (χ0v) is 15.7. The third-order valence-corrected chi connectivity index (χ3v) is 5.54. The van der Waals surface area contributed by atoms with Crippen molar-refractivity contribution >= 4 is 46.7 Å². The van der Waals surface area contributed by atoms with Crippen molar-refractivity contribution in [1.82, 2.24) is 9.80 Å². The van der Waals surface area contributed by atoms with Crippen LogP contribution in [0.25, 0.3) is 0 Å². The first-order valence-corrected chi connectivity index (χ1v) is 9.29. The number of halogens is 3. The molecule has 2 fully saturated rings. The highest BCUT2D eigenvalue weighted by Crippen LogP contribution is 2.49. The van der Waals surface area contributed by atoms with Crippen LogP contribution in [-0.2, 0) is 14.3 Å². The van der Waals surface area contributed by atoms with Crippen molar-refractivity contribution in [2.75, 3.05) is 39.8 Å².